The van der Waals surface area contributed by atoms with Crippen molar-refractivity contribution in [2.75, 3.05) is 13.7 Å². The molecule has 4 rings (SSSR count). The molecular weight excluding hydrogens is 382 g/mol. The van der Waals surface area contributed by atoms with Gasteiger partial charge in [-0.2, -0.15) is 5.10 Å². The minimum Gasteiger partial charge on any atom is -0.446 e. The highest BCUT2D eigenvalue weighted by Gasteiger charge is 2.29. The molecule has 1 amide bonds. The summed E-state index contributed by atoms with van der Waals surface area (Å²) in [6.07, 6.45) is 6.22. The molecular formula is C22H29N5O3. The fraction of sp³-hybridized carbons (Fsp3) is 0.500. The van der Waals surface area contributed by atoms with Crippen molar-refractivity contribution in [3.05, 3.63) is 36.2 Å². The zero-order chi connectivity index (χ0) is 21.1. The van der Waals surface area contributed by atoms with Gasteiger partial charge in [0.15, 0.2) is 0 Å². The number of alkyl carbamates (subject to hydrolysis) is 1. The Labute approximate surface area is 176 Å². The molecule has 3 aromatic heterocycles. The van der Waals surface area contributed by atoms with Crippen molar-refractivity contribution in [1.29, 1.82) is 0 Å². The number of fused-ring (bicyclic) bond motifs is 1. The summed E-state index contributed by atoms with van der Waals surface area (Å²) < 4.78 is 12.5. The molecule has 1 fully saturated rings. The zero-order valence-corrected chi connectivity index (χ0v) is 17.7. The van der Waals surface area contributed by atoms with Gasteiger partial charge in [-0.3, -0.25) is 4.68 Å². The molecule has 2 N–H and O–H groups in total. The van der Waals surface area contributed by atoms with E-state index in [0.29, 0.717) is 12.5 Å². The summed E-state index contributed by atoms with van der Waals surface area (Å²) >= 11 is 0. The number of carbonyl (C=O) groups is 1. The first-order valence-corrected chi connectivity index (χ1v) is 10.5. The Bertz CT molecular complexity index is 1010. The lowest BCUT2D eigenvalue weighted by Crippen LogP contribution is -2.33. The lowest BCUT2D eigenvalue weighted by Gasteiger charge is -2.15. The molecule has 1 aliphatic rings. The van der Waals surface area contributed by atoms with E-state index in [0.717, 1.165) is 48.2 Å². The number of methoxy groups -OCH3 is 1. The number of pyridine rings is 1. The van der Waals surface area contributed by atoms with Gasteiger partial charge in [-0.25, -0.2) is 9.78 Å². The van der Waals surface area contributed by atoms with Crippen LogP contribution in [0.1, 0.15) is 44.6 Å². The van der Waals surface area contributed by atoms with Crippen LogP contribution in [0.25, 0.3) is 22.4 Å². The molecule has 0 saturated heterocycles. The minimum atomic E-state index is -0.329. The van der Waals surface area contributed by atoms with E-state index < -0.39 is 0 Å². The molecule has 2 atom stereocenters. The second kappa shape index (κ2) is 8.87. The van der Waals surface area contributed by atoms with Crippen molar-refractivity contribution in [3.63, 3.8) is 0 Å². The molecule has 160 valence electrons. The predicted molar refractivity (Wildman–Crippen MR) is 114 cm³/mol. The van der Waals surface area contributed by atoms with Crippen LogP contribution in [-0.2, 0) is 16.0 Å². The van der Waals surface area contributed by atoms with Crippen molar-refractivity contribution in [2.45, 2.75) is 57.7 Å². The van der Waals surface area contributed by atoms with Crippen LogP contribution in [0.4, 0.5) is 4.79 Å². The summed E-state index contributed by atoms with van der Waals surface area (Å²) in [7, 11) is 1.68. The number of aromatic amines is 1. The van der Waals surface area contributed by atoms with Gasteiger partial charge in [0, 0.05) is 30.9 Å². The second-order valence-corrected chi connectivity index (χ2v) is 8.18. The quantitative estimate of drug-likeness (QED) is 0.616. The van der Waals surface area contributed by atoms with E-state index in [9.17, 15) is 4.79 Å². The first-order chi connectivity index (χ1) is 14.5. The lowest BCUT2D eigenvalue weighted by atomic mass is 9.99. The van der Waals surface area contributed by atoms with E-state index in [-0.39, 0.29) is 18.2 Å². The van der Waals surface area contributed by atoms with E-state index in [1.54, 1.807) is 7.11 Å². The van der Waals surface area contributed by atoms with E-state index >= 15 is 0 Å². The summed E-state index contributed by atoms with van der Waals surface area (Å²) in [6.45, 7) is 5.20. The van der Waals surface area contributed by atoms with Crippen LogP contribution in [0, 0.1) is 0 Å². The first kappa shape index (κ1) is 20.4. The van der Waals surface area contributed by atoms with Crippen LogP contribution in [0.2, 0.25) is 0 Å². The molecule has 3 aromatic rings. The second-order valence-electron chi connectivity index (χ2n) is 8.18. The Kier molecular flexibility index (Phi) is 6.03. The summed E-state index contributed by atoms with van der Waals surface area (Å²) in [5, 5.41) is 8.45. The van der Waals surface area contributed by atoms with Gasteiger partial charge in [0.25, 0.3) is 0 Å². The molecule has 0 aromatic carbocycles. The SMILES string of the molecule is COCCn1ccc(-c2cc3cc([C@H]4CC[C@@H](OC(=O)NC(C)C)C4)cnc3[nH]2)n1. The van der Waals surface area contributed by atoms with Gasteiger partial charge in [0.1, 0.15) is 17.4 Å². The minimum absolute atomic E-state index is 0.0395. The number of carbonyl (C=O) groups excluding carboxylic acids is 1. The van der Waals surface area contributed by atoms with E-state index in [2.05, 4.69) is 32.5 Å². The summed E-state index contributed by atoms with van der Waals surface area (Å²) in [6, 6.07) is 6.34. The molecule has 0 bridgehead atoms. The Hall–Kier alpha value is -2.87. The number of nitrogens with zero attached hydrogens (tertiary/aromatic N) is 3. The number of aromatic nitrogens is 4. The molecule has 0 aliphatic heterocycles. The number of hydrogen-bond donors (Lipinski definition) is 2. The van der Waals surface area contributed by atoms with Crippen molar-refractivity contribution < 1.29 is 14.3 Å². The van der Waals surface area contributed by atoms with Crippen LogP contribution in [0.3, 0.4) is 0 Å². The van der Waals surface area contributed by atoms with Crippen LogP contribution >= 0.6 is 0 Å². The van der Waals surface area contributed by atoms with E-state index in [1.165, 1.54) is 5.56 Å². The third-order valence-electron chi connectivity index (χ3n) is 5.47. The topological polar surface area (TPSA) is 94.1 Å². The van der Waals surface area contributed by atoms with E-state index in [1.807, 2.05) is 37.0 Å². The molecule has 1 aliphatic carbocycles. The molecule has 1 saturated carbocycles. The average Bonchev–Trinajstić information content (AvgIpc) is 3.43. The molecule has 0 radical (unpaired) electrons. The van der Waals surface area contributed by atoms with Crippen molar-refractivity contribution >= 4 is 17.1 Å². The highest BCUT2D eigenvalue weighted by Crippen LogP contribution is 2.37. The molecule has 3 heterocycles. The van der Waals surface area contributed by atoms with Crippen molar-refractivity contribution in [1.82, 2.24) is 25.1 Å². The van der Waals surface area contributed by atoms with Gasteiger partial charge < -0.3 is 19.8 Å². The van der Waals surface area contributed by atoms with Crippen LogP contribution in [0.5, 0.6) is 0 Å². The van der Waals surface area contributed by atoms with E-state index in [4.69, 9.17) is 9.47 Å². The zero-order valence-electron chi connectivity index (χ0n) is 17.7. The fourth-order valence-corrected chi connectivity index (χ4v) is 3.98. The number of nitrogens with one attached hydrogen (secondary N) is 2. The molecule has 8 heteroatoms. The summed E-state index contributed by atoms with van der Waals surface area (Å²) in [4.78, 5) is 19.8. The molecule has 0 spiro atoms. The van der Waals surface area contributed by atoms with Crippen molar-refractivity contribution in [3.8, 4) is 11.4 Å². The van der Waals surface area contributed by atoms with Gasteiger partial charge in [-0.15, -0.1) is 0 Å². The average molecular weight is 412 g/mol. The highest BCUT2D eigenvalue weighted by molar-refractivity contribution is 5.82. The van der Waals surface area contributed by atoms with Gasteiger partial charge >= 0.3 is 6.09 Å². The smallest absolute Gasteiger partial charge is 0.407 e. The summed E-state index contributed by atoms with van der Waals surface area (Å²) in [5.41, 5.74) is 3.87. The third-order valence-corrected chi connectivity index (χ3v) is 5.47. The predicted octanol–water partition coefficient (Wildman–Crippen LogP) is 3.84. The Balaban J connectivity index is 1.44. The van der Waals surface area contributed by atoms with Crippen molar-refractivity contribution in [2.24, 2.45) is 0 Å². The van der Waals surface area contributed by atoms with Crippen LogP contribution < -0.4 is 5.32 Å². The number of hydrogen-bond acceptors (Lipinski definition) is 5. The van der Waals surface area contributed by atoms with Gasteiger partial charge in [-0.1, -0.05) is 0 Å². The first-order valence-electron chi connectivity index (χ1n) is 10.5. The largest absolute Gasteiger partial charge is 0.446 e. The van der Waals surface area contributed by atoms with Gasteiger partial charge in [0.2, 0.25) is 0 Å². The standard InChI is InChI=1S/C22H29N5O3/c1-14(2)24-22(28)30-18-5-4-15(11-18)17-10-16-12-20(25-21(16)23-13-17)19-6-7-27(26-19)8-9-29-3/h6-7,10,12-15,18H,4-5,8-9,11H2,1-3H3,(H,23,25)(H,24,28)/t15-,18+/m0/s1. The van der Waals surface area contributed by atoms with Gasteiger partial charge in [-0.05, 0) is 62.8 Å². The normalized spacial score (nSPS) is 18.9. The number of rotatable bonds is 7. The molecule has 30 heavy (non-hydrogen) atoms. The Morgan fingerprint density at radius 3 is 3.03 bits per heavy atom. The maximum atomic E-state index is 11.9. The van der Waals surface area contributed by atoms with Crippen LogP contribution in [0.15, 0.2) is 30.6 Å². The third kappa shape index (κ3) is 4.64. The highest BCUT2D eigenvalue weighted by atomic mass is 16.6. The van der Waals surface area contributed by atoms with Gasteiger partial charge in [0.05, 0.1) is 18.8 Å². The maximum absolute atomic E-state index is 11.9. The van der Waals surface area contributed by atoms with Crippen LogP contribution in [-0.4, -0.2) is 51.7 Å². The number of H-pyrrole nitrogens is 1. The lowest BCUT2D eigenvalue weighted by molar-refractivity contribution is 0.0982. The summed E-state index contributed by atoms with van der Waals surface area (Å²) in [5.74, 6) is 0.352. The molecule has 8 nitrogen and oxygen atoms in total. The number of amides is 1. The number of ether oxygens (including phenoxy) is 2. The molecule has 0 unspecified atom stereocenters. The Morgan fingerprint density at radius 1 is 1.37 bits per heavy atom. The monoisotopic (exact) mass is 411 g/mol. The maximum Gasteiger partial charge on any atom is 0.407 e. The Morgan fingerprint density at radius 2 is 2.23 bits per heavy atom. The fourth-order valence-electron chi connectivity index (χ4n) is 3.98.